The van der Waals surface area contributed by atoms with E-state index in [1.807, 2.05) is 0 Å². The number of rotatable bonds is 8. The molecule has 0 aliphatic heterocycles. The van der Waals surface area contributed by atoms with Gasteiger partial charge in [-0.2, -0.15) is 6.07 Å². The molecule has 0 aromatic heterocycles. The van der Waals surface area contributed by atoms with Crippen LogP contribution in [0.1, 0.15) is 58.1 Å². The summed E-state index contributed by atoms with van der Waals surface area (Å²) in [5.41, 5.74) is -0.762. The minimum absolute atomic E-state index is 0. The summed E-state index contributed by atoms with van der Waals surface area (Å²) in [7, 11) is 0. The van der Waals surface area contributed by atoms with Crippen LogP contribution in [0.5, 0.6) is 0 Å². The van der Waals surface area contributed by atoms with Crippen molar-refractivity contribution in [1.29, 1.82) is 0 Å². The Bertz CT molecular complexity index is 1530. The van der Waals surface area contributed by atoms with Crippen molar-refractivity contribution >= 4 is 36.1 Å². The fourth-order valence-electron chi connectivity index (χ4n) is 3.91. The van der Waals surface area contributed by atoms with Crippen LogP contribution in [0, 0.1) is 6.92 Å². The van der Waals surface area contributed by atoms with Crippen LogP contribution in [0.4, 0.5) is 0 Å². The maximum atomic E-state index is 12.0. The maximum Gasteiger partial charge on any atom is 2.00 e. The number of carbonyl (C=O) groups excluding carboxylic acids is 6. The molecule has 0 saturated heterocycles. The molecule has 0 heterocycles. The van der Waals surface area contributed by atoms with E-state index in [2.05, 4.69) is 10.7 Å². The predicted molar refractivity (Wildman–Crippen MR) is 129 cm³/mol. The molecule has 0 radical (unpaired) electrons. The number of benzene rings is 3. The van der Waals surface area contributed by atoms with Crippen LogP contribution in [-0.2, 0) is 30.7 Å². The predicted octanol–water partition coefficient (Wildman–Crippen LogP) is -1.73. The van der Waals surface area contributed by atoms with E-state index in [0.717, 1.165) is 0 Å². The van der Waals surface area contributed by atoms with Crippen LogP contribution in [0.3, 0.4) is 0 Å². The minimum Gasteiger partial charge on any atom is -0.570 e. The van der Waals surface area contributed by atoms with Crippen LogP contribution in [-0.4, -0.2) is 61.4 Å². The van der Waals surface area contributed by atoms with Crippen molar-refractivity contribution in [3.05, 3.63) is 81.4 Å². The number of aryl methyl sites for hydroxylation is 1. The van der Waals surface area contributed by atoms with Crippen molar-refractivity contribution in [2.75, 3.05) is 0 Å². The molecule has 3 rings (SSSR count). The van der Waals surface area contributed by atoms with Crippen LogP contribution >= 0.6 is 0 Å². The summed E-state index contributed by atoms with van der Waals surface area (Å²) >= 11 is 0. The molecular weight excluding hydrogens is 586 g/mol. The second kappa shape index (κ2) is 11.6. The van der Waals surface area contributed by atoms with Gasteiger partial charge in [0.05, 0.1) is 11.8 Å². The van der Waals surface area contributed by atoms with Gasteiger partial charge in [0.25, 0.3) is 0 Å². The van der Waals surface area contributed by atoms with Crippen LogP contribution in [0.15, 0.2) is 42.5 Å². The molecule has 0 bridgehead atoms. The SMILES string of the molecule is Cc1cc(-c2cc([C-]=O)c(C(=O)[OH2+])c(C(=O)[OH2+])c2)cc(-c2cc(C(=O)[OH2+])c(C(=O)[OH2+])c(C(=[OH+])O[NH3+])c2)c1.[Mo+2]. The van der Waals surface area contributed by atoms with Crippen molar-refractivity contribution in [1.82, 2.24) is 0 Å². The van der Waals surface area contributed by atoms with E-state index < -0.39 is 52.1 Å². The fraction of sp³-hybridized carbons (Fsp3) is 0.0400. The zero-order chi connectivity index (χ0) is 27.6. The van der Waals surface area contributed by atoms with E-state index in [-0.39, 0.29) is 43.3 Å². The van der Waals surface area contributed by atoms with E-state index in [1.165, 1.54) is 30.6 Å². The van der Waals surface area contributed by atoms with Gasteiger partial charge in [0.15, 0.2) is 11.1 Å². The van der Waals surface area contributed by atoms with Gasteiger partial charge in [0.2, 0.25) is 0 Å². The zero-order valence-corrected chi connectivity index (χ0v) is 21.6. The third-order valence-electron chi connectivity index (χ3n) is 5.44. The Morgan fingerprint density at radius 1 is 0.711 bits per heavy atom. The summed E-state index contributed by atoms with van der Waals surface area (Å²) < 4.78 is 0. The molecule has 13 heteroatoms. The van der Waals surface area contributed by atoms with E-state index in [9.17, 15) is 28.8 Å². The first-order valence-corrected chi connectivity index (χ1v) is 10.3. The number of carbonyl (C=O) groups is 4. The smallest absolute Gasteiger partial charge is 0.570 e. The molecule has 12 N–H and O–H groups in total. The van der Waals surface area contributed by atoms with Crippen molar-refractivity contribution in [3.63, 3.8) is 0 Å². The maximum absolute atomic E-state index is 12.0. The second-order valence-corrected chi connectivity index (χ2v) is 7.85. The summed E-state index contributed by atoms with van der Waals surface area (Å²) in [6.07, 6.45) is 1.52. The molecule has 0 aliphatic carbocycles. The Balaban J connectivity index is 0.00000507. The Hall–Kier alpha value is -4.67. The molecule has 3 aromatic carbocycles. The molecular formula is C25H22MoNO11+7. The zero-order valence-electron chi connectivity index (χ0n) is 19.6. The first kappa shape index (κ1) is 29.6. The number of quaternary nitrogens is 1. The Morgan fingerprint density at radius 2 is 1.13 bits per heavy atom. The van der Waals surface area contributed by atoms with Gasteiger partial charge in [-0.3, -0.25) is 0 Å². The largest absolute Gasteiger partial charge is 2.00 e. The summed E-state index contributed by atoms with van der Waals surface area (Å²) in [6.45, 7) is 1.71. The first-order chi connectivity index (χ1) is 17.4. The van der Waals surface area contributed by atoms with Crippen LogP contribution < -0.4 is 5.90 Å². The van der Waals surface area contributed by atoms with Gasteiger partial charge in [-0.1, -0.05) is 34.5 Å². The standard InChI is InChI=1S/C25H17NO11.Mo/c1-10-2-11(13-5-15(9-27)19(23(32)33)16(6-13)21(28)29)4-12(3-10)14-7-17(22(30)31)20(24(34)35)18(8-14)25(36)37-26;/h2-8H,1,26H3,(H,28,29)(H,30,31)(H,32,33)(H,34,35);/q;+2/p+5. The molecule has 0 aliphatic rings. The van der Waals surface area contributed by atoms with Crippen LogP contribution in [0.2, 0.25) is 0 Å². The van der Waals surface area contributed by atoms with E-state index in [4.69, 9.17) is 20.4 Å². The van der Waals surface area contributed by atoms with Gasteiger partial charge in [0.1, 0.15) is 5.56 Å². The second-order valence-electron chi connectivity index (χ2n) is 7.85. The van der Waals surface area contributed by atoms with Gasteiger partial charge >= 0.3 is 50.9 Å². The molecule has 12 nitrogen and oxygen atoms in total. The molecule has 0 unspecified atom stereocenters. The summed E-state index contributed by atoms with van der Waals surface area (Å²) in [5.74, 6) is -3.01. The molecule has 0 atom stereocenters. The minimum atomic E-state index is -1.33. The molecule has 0 amide bonds. The summed E-state index contributed by atoms with van der Waals surface area (Å²) in [4.78, 5) is 73.6. The molecule has 0 fully saturated rings. The normalized spacial score (nSPS) is 10.2. The van der Waals surface area contributed by atoms with Gasteiger partial charge in [-0.25, -0.2) is 0 Å². The van der Waals surface area contributed by atoms with Gasteiger partial charge in [-0.15, -0.1) is 5.56 Å². The molecule has 3 aromatic rings. The summed E-state index contributed by atoms with van der Waals surface area (Å²) in [5, 5.41) is 29.8. The third-order valence-corrected chi connectivity index (χ3v) is 5.44. The monoisotopic (exact) mass is 610 g/mol. The van der Waals surface area contributed by atoms with Crippen molar-refractivity contribution in [3.8, 4) is 22.3 Å². The first-order valence-electron chi connectivity index (χ1n) is 10.3. The van der Waals surface area contributed by atoms with E-state index >= 15 is 0 Å². The Labute approximate surface area is 227 Å². The number of hydrogen-bond acceptors (Lipinski definition) is 6. The fourth-order valence-corrected chi connectivity index (χ4v) is 3.91. The van der Waals surface area contributed by atoms with Crippen molar-refractivity contribution in [2.24, 2.45) is 0 Å². The molecule has 192 valence electrons. The van der Waals surface area contributed by atoms with E-state index in [1.54, 1.807) is 25.1 Å². The Kier molecular flexibility index (Phi) is 9.01. The van der Waals surface area contributed by atoms with E-state index in [0.29, 0.717) is 16.7 Å². The van der Waals surface area contributed by atoms with Crippen molar-refractivity contribution < 1.29 is 81.0 Å². The average Bonchev–Trinajstić information content (AvgIpc) is 2.85. The molecule has 38 heavy (non-hydrogen) atoms. The third kappa shape index (κ3) is 5.66. The summed E-state index contributed by atoms with van der Waals surface area (Å²) in [6, 6.07) is 9.77. The average molecular weight is 608 g/mol. The molecule has 0 saturated carbocycles. The quantitative estimate of drug-likeness (QED) is 0.135. The van der Waals surface area contributed by atoms with Gasteiger partial charge in [-0.05, 0) is 47.4 Å². The van der Waals surface area contributed by atoms with Crippen LogP contribution in [0.25, 0.3) is 22.3 Å². The number of hydrogen-bond donors (Lipinski definition) is 1. The van der Waals surface area contributed by atoms with Gasteiger partial charge < -0.3 is 30.0 Å². The van der Waals surface area contributed by atoms with Crippen molar-refractivity contribution in [2.45, 2.75) is 6.92 Å². The topological polar surface area (TPSA) is 235 Å². The Morgan fingerprint density at radius 3 is 1.55 bits per heavy atom. The van der Waals surface area contributed by atoms with Gasteiger partial charge in [0, 0.05) is 24.7 Å². The molecule has 0 spiro atoms.